The highest BCUT2D eigenvalue weighted by atomic mass is 19.3. The molecule has 17 heavy (non-hydrogen) atoms. The van der Waals surface area contributed by atoms with Crippen LogP contribution in [-0.4, -0.2) is 31.0 Å². The van der Waals surface area contributed by atoms with E-state index in [9.17, 15) is 13.6 Å². The molecule has 1 unspecified atom stereocenters. The highest BCUT2D eigenvalue weighted by Gasteiger charge is 2.42. The van der Waals surface area contributed by atoms with E-state index in [2.05, 4.69) is 10.6 Å². The van der Waals surface area contributed by atoms with Gasteiger partial charge in [-0.1, -0.05) is 0 Å². The van der Waals surface area contributed by atoms with Gasteiger partial charge in [-0.3, -0.25) is 4.79 Å². The molecule has 0 saturated heterocycles. The number of halogens is 2. The molecule has 0 radical (unpaired) electrons. The Bertz CT molecular complexity index is 280. The number of nitrogens with one attached hydrogen (secondary N) is 2. The number of amides is 1. The van der Waals surface area contributed by atoms with Crippen LogP contribution in [0.1, 0.15) is 38.5 Å². The summed E-state index contributed by atoms with van der Waals surface area (Å²) in [5.41, 5.74) is 0. The molecule has 0 aromatic rings. The largest absolute Gasteiger partial charge is 0.356 e. The number of hydrogen-bond acceptors (Lipinski definition) is 2. The van der Waals surface area contributed by atoms with Gasteiger partial charge in [-0.2, -0.15) is 0 Å². The van der Waals surface area contributed by atoms with Gasteiger partial charge in [-0.25, -0.2) is 8.78 Å². The topological polar surface area (TPSA) is 41.1 Å². The molecule has 2 saturated carbocycles. The molecule has 2 aliphatic rings. The monoisotopic (exact) mass is 246 g/mol. The minimum absolute atomic E-state index is 0.145. The van der Waals surface area contributed by atoms with Crippen LogP contribution >= 0.6 is 0 Å². The highest BCUT2D eigenvalue weighted by molar-refractivity contribution is 5.79. The zero-order valence-electron chi connectivity index (χ0n) is 9.98. The quantitative estimate of drug-likeness (QED) is 0.700. The van der Waals surface area contributed by atoms with Gasteiger partial charge in [0, 0.05) is 31.3 Å². The summed E-state index contributed by atoms with van der Waals surface area (Å²) in [6.45, 7) is 1.48. The second-order valence-corrected chi connectivity index (χ2v) is 5.17. The van der Waals surface area contributed by atoms with Gasteiger partial charge in [-0.15, -0.1) is 0 Å². The Morgan fingerprint density at radius 3 is 2.59 bits per heavy atom. The number of alkyl halides is 2. The predicted octanol–water partition coefficient (Wildman–Crippen LogP) is 1.68. The first-order chi connectivity index (χ1) is 8.07. The van der Waals surface area contributed by atoms with E-state index in [-0.39, 0.29) is 18.7 Å². The van der Waals surface area contributed by atoms with Crippen molar-refractivity contribution >= 4 is 5.91 Å². The van der Waals surface area contributed by atoms with E-state index in [0.717, 1.165) is 13.0 Å². The lowest BCUT2D eigenvalue weighted by molar-refractivity contribution is -0.125. The number of carbonyl (C=O) groups excluding carboxylic acids is 1. The fourth-order valence-electron chi connectivity index (χ4n) is 2.21. The summed E-state index contributed by atoms with van der Waals surface area (Å²) in [6.07, 6.45) is 3.27. The maximum absolute atomic E-state index is 12.9. The van der Waals surface area contributed by atoms with E-state index in [1.54, 1.807) is 0 Å². The third-order valence-corrected chi connectivity index (χ3v) is 3.44. The molecule has 0 aliphatic heterocycles. The predicted molar refractivity (Wildman–Crippen MR) is 60.9 cm³/mol. The molecule has 0 aromatic carbocycles. The van der Waals surface area contributed by atoms with E-state index in [4.69, 9.17) is 0 Å². The van der Waals surface area contributed by atoms with Crippen molar-refractivity contribution in [3.8, 4) is 0 Å². The average molecular weight is 246 g/mol. The van der Waals surface area contributed by atoms with Crippen LogP contribution in [0.4, 0.5) is 8.78 Å². The molecule has 3 nitrogen and oxygen atoms in total. The van der Waals surface area contributed by atoms with E-state index in [1.165, 1.54) is 12.8 Å². The SMILES string of the molecule is O=C(NCCCNC1CC1)C1CCC(F)(F)C1. The minimum Gasteiger partial charge on any atom is -0.356 e. The third kappa shape index (κ3) is 4.22. The average Bonchev–Trinajstić information content (AvgIpc) is 3.01. The third-order valence-electron chi connectivity index (χ3n) is 3.44. The standard InChI is InChI=1S/C12H20F2N2O/c13-12(14)5-4-9(8-12)11(17)16-7-1-6-15-10-2-3-10/h9-10,15H,1-8H2,(H,16,17). The Labute approximate surface area is 100 Å². The second-order valence-electron chi connectivity index (χ2n) is 5.17. The second kappa shape index (κ2) is 5.29. The van der Waals surface area contributed by atoms with Gasteiger partial charge in [0.05, 0.1) is 0 Å². The summed E-state index contributed by atoms with van der Waals surface area (Å²) in [4.78, 5) is 11.6. The fraction of sp³-hybridized carbons (Fsp3) is 0.917. The van der Waals surface area contributed by atoms with Crippen molar-refractivity contribution in [2.24, 2.45) is 5.92 Å². The van der Waals surface area contributed by atoms with Crippen LogP contribution in [0.3, 0.4) is 0 Å². The lowest BCUT2D eigenvalue weighted by Gasteiger charge is -2.11. The molecule has 2 fully saturated rings. The molecular formula is C12H20F2N2O. The first kappa shape index (κ1) is 12.7. The summed E-state index contributed by atoms with van der Waals surface area (Å²) in [5.74, 6) is -3.31. The first-order valence-corrected chi connectivity index (χ1v) is 6.46. The molecule has 2 rings (SSSR count). The van der Waals surface area contributed by atoms with Crippen molar-refractivity contribution in [2.75, 3.05) is 13.1 Å². The van der Waals surface area contributed by atoms with E-state index < -0.39 is 11.8 Å². The van der Waals surface area contributed by atoms with Crippen molar-refractivity contribution in [1.82, 2.24) is 10.6 Å². The van der Waals surface area contributed by atoms with Crippen LogP contribution < -0.4 is 10.6 Å². The Morgan fingerprint density at radius 1 is 1.24 bits per heavy atom. The zero-order valence-corrected chi connectivity index (χ0v) is 9.98. The van der Waals surface area contributed by atoms with Gasteiger partial charge < -0.3 is 10.6 Å². The molecule has 98 valence electrons. The van der Waals surface area contributed by atoms with Gasteiger partial charge in [0.15, 0.2) is 0 Å². The molecular weight excluding hydrogens is 226 g/mol. The molecule has 0 aromatic heterocycles. The molecule has 2 aliphatic carbocycles. The maximum Gasteiger partial charge on any atom is 0.248 e. The van der Waals surface area contributed by atoms with Crippen molar-refractivity contribution in [3.05, 3.63) is 0 Å². The molecule has 2 N–H and O–H groups in total. The van der Waals surface area contributed by atoms with Crippen molar-refractivity contribution in [3.63, 3.8) is 0 Å². The molecule has 1 atom stereocenters. The number of hydrogen-bond donors (Lipinski definition) is 2. The Balaban J connectivity index is 1.54. The number of carbonyl (C=O) groups is 1. The summed E-state index contributed by atoms with van der Waals surface area (Å²) < 4.78 is 25.8. The lowest BCUT2D eigenvalue weighted by Crippen LogP contribution is -2.32. The van der Waals surface area contributed by atoms with Crippen LogP contribution in [0, 0.1) is 5.92 Å². The minimum atomic E-state index is -2.63. The normalized spacial score (nSPS) is 27.1. The van der Waals surface area contributed by atoms with Crippen LogP contribution in [-0.2, 0) is 4.79 Å². The fourth-order valence-corrected chi connectivity index (χ4v) is 2.21. The van der Waals surface area contributed by atoms with Crippen molar-refractivity contribution < 1.29 is 13.6 Å². The van der Waals surface area contributed by atoms with Crippen LogP contribution in [0.15, 0.2) is 0 Å². The van der Waals surface area contributed by atoms with E-state index in [1.807, 2.05) is 0 Å². The molecule has 0 spiro atoms. The van der Waals surface area contributed by atoms with E-state index >= 15 is 0 Å². The molecule has 0 heterocycles. The summed E-state index contributed by atoms with van der Waals surface area (Å²) in [6, 6.07) is 0.680. The van der Waals surface area contributed by atoms with Crippen LogP contribution in [0.25, 0.3) is 0 Å². The van der Waals surface area contributed by atoms with Gasteiger partial charge in [0.2, 0.25) is 11.8 Å². The maximum atomic E-state index is 12.9. The Kier molecular flexibility index (Phi) is 3.97. The van der Waals surface area contributed by atoms with Crippen molar-refractivity contribution in [2.45, 2.75) is 50.5 Å². The number of rotatable bonds is 6. The smallest absolute Gasteiger partial charge is 0.248 e. The summed E-state index contributed by atoms with van der Waals surface area (Å²) >= 11 is 0. The Morgan fingerprint density at radius 2 is 2.00 bits per heavy atom. The zero-order chi connectivity index (χ0) is 12.3. The van der Waals surface area contributed by atoms with Crippen molar-refractivity contribution in [1.29, 1.82) is 0 Å². The van der Waals surface area contributed by atoms with Gasteiger partial charge in [-0.05, 0) is 32.2 Å². The summed E-state index contributed by atoms with van der Waals surface area (Å²) in [7, 11) is 0. The van der Waals surface area contributed by atoms with Gasteiger partial charge >= 0.3 is 0 Å². The lowest BCUT2D eigenvalue weighted by atomic mass is 10.1. The molecule has 5 heteroatoms. The van der Waals surface area contributed by atoms with Gasteiger partial charge in [0.1, 0.15) is 0 Å². The first-order valence-electron chi connectivity index (χ1n) is 6.46. The Hall–Kier alpha value is -0.710. The van der Waals surface area contributed by atoms with Crippen LogP contribution in [0.5, 0.6) is 0 Å². The summed E-state index contributed by atoms with van der Waals surface area (Å²) in [5, 5.41) is 6.09. The molecule has 0 bridgehead atoms. The highest BCUT2D eigenvalue weighted by Crippen LogP contribution is 2.38. The van der Waals surface area contributed by atoms with E-state index in [0.29, 0.717) is 19.0 Å². The van der Waals surface area contributed by atoms with Gasteiger partial charge in [0.25, 0.3) is 0 Å². The molecule has 1 amide bonds. The van der Waals surface area contributed by atoms with Crippen LogP contribution in [0.2, 0.25) is 0 Å².